The van der Waals surface area contributed by atoms with Crippen LogP contribution in [0.4, 0.5) is 5.69 Å². The third kappa shape index (κ3) is 3.42. The number of hydrogen-bond acceptors (Lipinski definition) is 5. The van der Waals surface area contributed by atoms with Crippen molar-refractivity contribution in [1.29, 1.82) is 0 Å². The number of rotatable bonds is 4. The third-order valence-electron chi connectivity index (χ3n) is 3.71. The summed E-state index contributed by atoms with van der Waals surface area (Å²) in [6.07, 6.45) is 0. The molecule has 0 spiro atoms. The Labute approximate surface area is 143 Å². The Hall–Kier alpha value is -3.41. The number of primary amides is 1. The zero-order valence-electron chi connectivity index (χ0n) is 13.8. The molecule has 2 aromatic carbocycles. The molecule has 0 aliphatic rings. The lowest BCUT2D eigenvalue weighted by molar-refractivity contribution is 0.0996. The first kappa shape index (κ1) is 16.4. The maximum absolute atomic E-state index is 12.0. The van der Waals surface area contributed by atoms with Gasteiger partial charge in [0.2, 0.25) is 11.5 Å². The molecule has 126 valence electrons. The van der Waals surface area contributed by atoms with E-state index in [9.17, 15) is 9.59 Å². The highest BCUT2D eigenvalue weighted by molar-refractivity contribution is 5.99. The first-order valence-corrected chi connectivity index (χ1v) is 7.55. The van der Waals surface area contributed by atoms with Gasteiger partial charge in [-0.1, -0.05) is 0 Å². The van der Waals surface area contributed by atoms with Crippen LogP contribution in [0, 0.1) is 0 Å². The van der Waals surface area contributed by atoms with E-state index in [1.54, 1.807) is 55.6 Å². The molecule has 0 aliphatic heterocycles. The number of Topliss-reactive ketones (excluding diaryl/α,β-unsaturated/α-hetero) is 1. The number of amides is 1. The number of carbonyl (C=O) groups excluding carboxylic acids is 2. The van der Waals surface area contributed by atoms with Gasteiger partial charge in [-0.2, -0.15) is 0 Å². The second-order valence-corrected chi connectivity index (χ2v) is 5.45. The standard InChI is InChI=1S/C19H16N2O4/c1-11(22)16-10-13-9-12(18(20)23)3-8-17(13)25-19(16)21-14-4-6-15(24-2)7-5-14/h3-10H,1-2H3,(H2,20,23)/b21-19-. The Kier molecular flexibility index (Phi) is 4.35. The molecule has 0 fully saturated rings. The predicted octanol–water partition coefficient (Wildman–Crippen LogP) is 2.98. The van der Waals surface area contributed by atoms with Crippen LogP contribution in [0.3, 0.4) is 0 Å². The average Bonchev–Trinajstić information content (AvgIpc) is 2.61. The van der Waals surface area contributed by atoms with Gasteiger partial charge in [0.25, 0.3) is 0 Å². The number of hydrogen-bond donors (Lipinski definition) is 1. The highest BCUT2D eigenvalue weighted by atomic mass is 16.5. The molecule has 0 saturated carbocycles. The number of ketones is 1. The average molecular weight is 336 g/mol. The van der Waals surface area contributed by atoms with E-state index in [2.05, 4.69) is 4.99 Å². The molecular formula is C19H16N2O4. The highest BCUT2D eigenvalue weighted by Gasteiger charge is 2.10. The summed E-state index contributed by atoms with van der Waals surface area (Å²) in [5.74, 6) is -0.0270. The minimum Gasteiger partial charge on any atom is -0.497 e. The summed E-state index contributed by atoms with van der Waals surface area (Å²) in [7, 11) is 1.58. The molecule has 3 aromatic rings. The first-order valence-electron chi connectivity index (χ1n) is 7.55. The van der Waals surface area contributed by atoms with E-state index < -0.39 is 5.91 Å². The van der Waals surface area contributed by atoms with E-state index in [1.165, 1.54) is 6.92 Å². The number of carbonyl (C=O) groups is 2. The number of ether oxygens (including phenoxy) is 1. The molecule has 3 rings (SSSR count). The number of methoxy groups -OCH3 is 1. The van der Waals surface area contributed by atoms with Crippen LogP contribution in [0.25, 0.3) is 11.0 Å². The fourth-order valence-corrected chi connectivity index (χ4v) is 2.39. The summed E-state index contributed by atoms with van der Waals surface area (Å²) in [4.78, 5) is 27.7. The van der Waals surface area contributed by atoms with Crippen molar-refractivity contribution in [2.24, 2.45) is 10.7 Å². The normalized spacial score (nSPS) is 11.5. The summed E-state index contributed by atoms with van der Waals surface area (Å²) >= 11 is 0. The van der Waals surface area contributed by atoms with Crippen LogP contribution in [-0.2, 0) is 0 Å². The number of nitrogens with zero attached hydrogens (tertiary/aromatic N) is 1. The molecule has 1 aromatic heterocycles. The number of nitrogens with two attached hydrogens (primary N) is 1. The molecule has 6 heteroatoms. The van der Waals surface area contributed by atoms with Crippen LogP contribution in [0.15, 0.2) is 57.9 Å². The second-order valence-electron chi connectivity index (χ2n) is 5.45. The lowest BCUT2D eigenvalue weighted by Crippen LogP contribution is -2.14. The van der Waals surface area contributed by atoms with Gasteiger partial charge in [-0.3, -0.25) is 9.59 Å². The van der Waals surface area contributed by atoms with Crippen LogP contribution < -0.4 is 16.0 Å². The van der Waals surface area contributed by atoms with Crippen molar-refractivity contribution in [2.45, 2.75) is 6.92 Å². The fourth-order valence-electron chi connectivity index (χ4n) is 2.39. The minimum absolute atomic E-state index is 0.192. The monoisotopic (exact) mass is 336 g/mol. The van der Waals surface area contributed by atoms with E-state index in [1.807, 2.05) is 0 Å². The Morgan fingerprint density at radius 3 is 2.40 bits per heavy atom. The van der Waals surface area contributed by atoms with Crippen LogP contribution in [0.2, 0.25) is 0 Å². The minimum atomic E-state index is -0.543. The van der Waals surface area contributed by atoms with E-state index in [0.717, 1.165) is 0 Å². The van der Waals surface area contributed by atoms with Gasteiger partial charge in [-0.25, -0.2) is 4.99 Å². The van der Waals surface area contributed by atoms with E-state index in [-0.39, 0.29) is 11.3 Å². The Bertz CT molecular complexity index is 1030. The van der Waals surface area contributed by atoms with Crippen molar-refractivity contribution in [1.82, 2.24) is 0 Å². The maximum atomic E-state index is 12.0. The van der Waals surface area contributed by atoms with Gasteiger partial charge in [-0.05, 0) is 55.5 Å². The molecule has 0 unspecified atom stereocenters. The quantitative estimate of drug-likeness (QED) is 0.741. The molecule has 0 saturated heterocycles. The van der Waals surface area contributed by atoms with Crippen molar-refractivity contribution in [3.05, 3.63) is 65.2 Å². The zero-order chi connectivity index (χ0) is 18.0. The Morgan fingerprint density at radius 1 is 1.08 bits per heavy atom. The summed E-state index contributed by atoms with van der Waals surface area (Å²) in [5, 5.41) is 0.607. The molecule has 1 amide bonds. The summed E-state index contributed by atoms with van der Waals surface area (Å²) in [5.41, 5.74) is 7.29. The molecule has 0 radical (unpaired) electrons. The van der Waals surface area contributed by atoms with Crippen LogP contribution >= 0.6 is 0 Å². The van der Waals surface area contributed by atoms with Crippen LogP contribution in [0.5, 0.6) is 5.75 Å². The van der Waals surface area contributed by atoms with Crippen LogP contribution in [-0.4, -0.2) is 18.8 Å². The Morgan fingerprint density at radius 2 is 1.80 bits per heavy atom. The fraction of sp³-hybridized carbons (Fsp3) is 0.105. The highest BCUT2D eigenvalue weighted by Crippen LogP contribution is 2.19. The lowest BCUT2D eigenvalue weighted by atomic mass is 10.1. The van der Waals surface area contributed by atoms with E-state index in [4.69, 9.17) is 14.9 Å². The smallest absolute Gasteiger partial charge is 0.248 e. The molecular weight excluding hydrogens is 320 g/mol. The van der Waals surface area contributed by atoms with Gasteiger partial charge in [0.15, 0.2) is 5.78 Å². The summed E-state index contributed by atoms with van der Waals surface area (Å²) in [6.45, 7) is 1.43. The molecule has 2 N–H and O–H groups in total. The summed E-state index contributed by atoms with van der Waals surface area (Å²) in [6, 6.07) is 13.5. The van der Waals surface area contributed by atoms with Crippen molar-refractivity contribution < 1.29 is 18.7 Å². The van der Waals surface area contributed by atoms with Crippen molar-refractivity contribution >= 4 is 28.3 Å². The predicted molar refractivity (Wildman–Crippen MR) is 93.0 cm³/mol. The first-order chi connectivity index (χ1) is 12.0. The largest absolute Gasteiger partial charge is 0.497 e. The topological polar surface area (TPSA) is 94.9 Å². The SMILES string of the molecule is COc1ccc(/N=c2\oc3ccc(C(N)=O)cc3cc2C(C)=O)cc1. The third-order valence-corrected chi connectivity index (χ3v) is 3.71. The van der Waals surface area contributed by atoms with Crippen molar-refractivity contribution in [2.75, 3.05) is 7.11 Å². The van der Waals surface area contributed by atoms with Gasteiger partial charge < -0.3 is 14.9 Å². The molecule has 0 atom stereocenters. The van der Waals surface area contributed by atoms with Gasteiger partial charge in [0, 0.05) is 10.9 Å². The molecule has 1 heterocycles. The molecule has 0 bridgehead atoms. The molecule has 25 heavy (non-hydrogen) atoms. The van der Waals surface area contributed by atoms with Gasteiger partial charge >= 0.3 is 0 Å². The Balaban J connectivity index is 2.20. The lowest BCUT2D eigenvalue weighted by Gasteiger charge is -2.04. The summed E-state index contributed by atoms with van der Waals surface area (Å²) < 4.78 is 10.9. The maximum Gasteiger partial charge on any atom is 0.248 e. The van der Waals surface area contributed by atoms with Crippen molar-refractivity contribution in [3.8, 4) is 5.75 Å². The number of fused-ring (bicyclic) bond motifs is 1. The zero-order valence-corrected chi connectivity index (χ0v) is 13.8. The molecule has 0 aliphatic carbocycles. The number of benzene rings is 2. The van der Waals surface area contributed by atoms with E-state index in [0.29, 0.717) is 33.5 Å². The van der Waals surface area contributed by atoms with Gasteiger partial charge in [0.1, 0.15) is 11.3 Å². The van der Waals surface area contributed by atoms with E-state index >= 15 is 0 Å². The molecule has 6 nitrogen and oxygen atoms in total. The van der Waals surface area contributed by atoms with Gasteiger partial charge in [0.05, 0.1) is 18.4 Å². The van der Waals surface area contributed by atoms with Gasteiger partial charge in [-0.15, -0.1) is 0 Å². The van der Waals surface area contributed by atoms with Crippen LogP contribution in [0.1, 0.15) is 27.6 Å². The second kappa shape index (κ2) is 6.60. The van der Waals surface area contributed by atoms with Crippen molar-refractivity contribution in [3.63, 3.8) is 0 Å².